The van der Waals surface area contributed by atoms with Gasteiger partial charge in [-0.05, 0) is 0 Å². The van der Waals surface area contributed by atoms with Gasteiger partial charge in [-0.3, -0.25) is 27.7 Å². The Labute approximate surface area is 50.7 Å². The van der Waals surface area contributed by atoms with E-state index in [0.717, 1.165) is 0 Å². The summed E-state index contributed by atoms with van der Waals surface area (Å²) < 4.78 is 4.40. The van der Waals surface area contributed by atoms with E-state index in [4.69, 9.17) is 22.9 Å². The predicted octanol–water partition coefficient (Wildman–Crippen LogP) is -2.98. The third-order valence-corrected chi connectivity index (χ3v) is 0.621. The van der Waals surface area contributed by atoms with Gasteiger partial charge in [-0.1, -0.05) is 0 Å². The first kappa shape index (κ1) is 6.83. The Bertz CT molecular complexity index is 109. The van der Waals surface area contributed by atoms with E-state index >= 15 is 0 Å². The first-order valence-corrected chi connectivity index (χ1v) is 2.14. The summed E-state index contributed by atoms with van der Waals surface area (Å²) in [6.07, 6.45) is 0. The standard InChI is InChI=1S/C2H8N4O3/c3-1(4)7-2(5,6)9-8-1/h3-6H2. The average molecular weight is 136 g/mol. The second-order valence-corrected chi connectivity index (χ2v) is 1.71. The number of rotatable bonds is 0. The lowest BCUT2D eigenvalue weighted by Gasteiger charge is -2.14. The molecule has 1 saturated heterocycles. The molecule has 0 aromatic rings. The highest BCUT2D eigenvalue weighted by atomic mass is 17.3. The second-order valence-electron chi connectivity index (χ2n) is 1.71. The molecule has 1 rings (SSSR count). The summed E-state index contributed by atoms with van der Waals surface area (Å²) in [6.45, 7) is 0. The molecule has 1 heterocycles. The average Bonchev–Trinajstić information content (AvgIpc) is 1.78. The molecule has 8 N–H and O–H groups in total. The molecule has 0 amide bonds. The van der Waals surface area contributed by atoms with Crippen molar-refractivity contribution in [3.63, 3.8) is 0 Å². The topological polar surface area (TPSA) is 132 Å². The maximum Gasteiger partial charge on any atom is 0.320 e. The Kier molecular flexibility index (Phi) is 1.22. The number of ether oxygens (including phenoxy) is 1. The monoisotopic (exact) mass is 136 g/mol. The molecular weight excluding hydrogens is 128 g/mol. The molecule has 0 radical (unpaired) electrons. The molecule has 1 aliphatic heterocycles. The minimum absolute atomic E-state index is 1.84. The summed E-state index contributed by atoms with van der Waals surface area (Å²) in [7, 11) is 0. The summed E-state index contributed by atoms with van der Waals surface area (Å²) in [6, 6.07) is -3.69. The molecule has 7 nitrogen and oxygen atoms in total. The van der Waals surface area contributed by atoms with Crippen molar-refractivity contribution in [1.29, 1.82) is 0 Å². The van der Waals surface area contributed by atoms with Gasteiger partial charge in [0.05, 0.1) is 0 Å². The zero-order valence-corrected chi connectivity index (χ0v) is 4.53. The highest BCUT2D eigenvalue weighted by Crippen LogP contribution is 2.15. The van der Waals surface area contributed by atoms with Gasteiger partial charge in [0.2, 0.25) is 0 Å². The number of hydrogen-bond acceptors (Lipinski definition) is 7. The van der Waals surface area contributed by atoms with Crippen LogP contribution in [-0.4, -0.2) is 12.1 Å². The minimum atomic E-state index is -1.84. The zero-order valence-electron chi connectivity index (χ0n) is 4.53. The van der Waals surface area contributed by atoms with Crippen molar-refractivity contribution in [3.8, 4) is 0 Å². The van der Waals surface area contributed by atoms with E-state index in [1.807, 2.05) is 0 Å². The molecule has 0 unspecified atom stereocenters. The van der Waals surface area contributed by atoms with Gasteiger partial charge in [0.25, 0.3) is 0 Å². The molecule has 0 bridgehead atoms. The van der Waals surface area contributed by atoms with E-state index in [2.05, 4.69) is 14.5 Å². The second kappa shape index (κ2) is 1.61. The van der Waals surface area contributed by atoms with Crippen LogP contribution in [0.15, 0.2) is 0 Å². The molecule has 7 heteroatoms. The van der Waals surface area contributed by atoms with Crippen molar-refractivity contribution in [1.82, 2.24) is 0 Å². The van der Waals surface area contributed by atoms with Gasteiger partial charge < -0.3 is 0 Å². The fourth-order valence-corrected chi connectivity index (χ4v) is 0.414. The molecule has 0 aromatic carbocycles. The molecule has 54 valence electrons. The van der Waals surface area contributed by atoms with E-state index in [1.165, 1.54) is 0 Å². The maximum atomic E-state index is 5.00. The van der Waals surface area contributed by atoms with Crippen LogP contribution in [0.4, 0.5) is 0 Å². The van der Waals surface area contributed by atoms with Gasteiger partial charge >= 0.3 is 12.1 Å². The lowest BCUT2D eigenvalue weighted by atomic mass is 10.8. The van der Waals surface area contributed by atoms with E-state index < -0.39 is 12.1 Å². The van der Waals surface area contributed by atoms with E-state index in [9.17, 15) is 0 Å². The third kappa shape index (κ3) is 1.56. The van der Waals surface area contributed by atoms with E-state index in [0.29, 0.717) is 0 Å². The highest BCUT2D eigenvalue weighted by Gasteiger charge is 2.44. The smallest absolute Gasteiger partial charge is 0.264 e. The summed E-state index contributed by atoms with van der Waals surface area (Å²) in [5.74, 6) is 0. The van der Waals surface area contributed by atoms with Crippen LogP contribution in [-0.2, 0) is 14.5 Å². The normalized spacial score (nSPS) is 30.7. The van der Waals surface area contributed by atoms with Gasteiger partial charge in [-0.15, -0.1) is 0 Å². The Morgan fingerprint density at radius 3 is 1.22 bits per heavy atom. The van der Waals surface area contributed by atoms with Crippen LogP contribution in [0.25, 0.3) is 0 Å². The van der Waals surface area contributed by atoms with E-state index in [-0.39, 0.29) is 0 Å². The molecule has 1 fully saturated rings. The zero-order chi connectivity index (χ0) is 7.12. The summed E-state index contributed by atoms with van der Waals surface area (Å²) in [5.41, 5.74) is 20.0. The molecule has 9 heavy (non-hydrogen) atoms. The molecule has 0 atom stereocenters. The van der Waals surface area contributed by atoms with E-state index in [1.54, 1.807) is 0 Å². The lowest BCUT2D eigenvalue weighted by molar-refractivity contribution is -0.347. The minimum Gasteiger partial charge on any atom is -0.264 e. The fourth-order valence-electron chi connectivity index (χ4n) is 0.414. The van der Waals surface area contributed by atoms with Crippen LogP contribution in [0.1, 0.15) is 0 Å². The van der Waals surface area contributed by atoms with Gasteiger partial charge in [0, 0.05) is 0 Å². The van der Waals surface area contributed by atoms with Crippen LogP contribution < -0.4 is 22.9 Å². The lowest BCUT2D eigenvalue weighted by Crippen LogP contribution is -2.57. The van der Waals surface area contributed by atoms with Crippen molar-refractivity contribution in [2.24, 2.45) is 22.9 Å². The Balaban J connectivity index is 2.58. The molecule has 0 aromatic heterocycles. The quantitative estimate of drug-likeness (QED) is 0.206. The fraction of sp³-hybridized carbons (Fsp3) is 1.00. The van der Waals surface area contributed by atoms with Crippen LogP contribution in [0.5, 0.6) is 0 Å². The van der Waals surface area contributed by atoms with Gasteiger partial charge in [-0.25, -0.2) is 0 Å². The predicted molar refractivity (Wildman–Crippen MR) is 25.5 cm³/mol. The Hall–Kier alpha value is -0.280. The summed E-state index contributed by atoms with van der Waals surface area (Å²) in [5, 5.41) is 0. The number of nitrogens with two attached hydrogens (primary N) is 4. The highest BCUT2D eigenvalue weighted by molar-refractivity contribution is 4.58. The molecule has 0 spiro atoms. The maximum absolute atomic E-state index is 5.00. The van der Waals surface area contributed by atoms with Gasteiger partial charge in [0.1, 0.15) is 0 Å². The van der Waals surface area contributed by atoms with Crippen LogP contribution in [0.3, 0.4) is 0 Å². The first-order valence-electron chi connectivity index (χ1n) is 2.14. The Morgan fingerprint density at radius 1 is 0.778 bits per heavy atom. The van der Waals surface area contributed by atoms with Crippen molar-refractivity contribution in [2.45, 2.75) is 12.1 Å². The van der Waals surface area contributed by atoms with Crippen LogP contribution >= 0.6 is 0 Å². The first-order chi connectivity index (χ1) is 3.91. The van der Waals surface area contributed by atoms with Crippen LogP contribution in [0, 0.1) is 0 Å². The van der Waals surface area contributed by atoms with Crippen LogP contribution in [0.2, 0.25) is 0 Å². The van der Waals surface area contributed by atoms with Crippen molar-refractivity contribution in [3.05, 3.63) is 0 Å². The Morgan fingerprint density at radius 2 is 1.11 bits per heavy atom. The molecule has 0 aliphatic carbocycles. The molecule has 1 aliphatic rings. The third-order valence-electron chi connectivity index (χ3n) is 0.621. The molecular formula is C2H8N4O3. The largest absolute Gasteiger partial charge is 0.320 e. The van der Waals surface area contributed by atoms with Gasteiger partial charge in [-0.2, -0.15) is 9.78 Å². The van der Waals surface area contributed by atoms with Crippen molar-refractivity contribution in [2.75, 3.05) is 0 Å². The summed E-state index contributed by atoms with van der Waals surface area (Å²) in [4.78, 5) is 8.28. The van der Waals surface area contributed by atoms with Gasteiger partial charge in [0.15, 0.2) is 0 Å². The van der Waals surface area contributed by atoms with Crippen molar-refractivity contribution >= 4 is 0 Å². The number of hydrogen-bond donors (Lipinski definition) is 4. The summed E-state index contributed by atoms with van der Waals surface area (Å²) >= 11 is 0. The molecule has 0 saturated carbocycles. The SMILES string of the molecule is NC1(N)OOC(N)(N)O1. The van der Waals surface area contributed by atoms with Crippen molar-refractivity contribution < 1.29 is 14.5 Å².